The standard InChI is InChI=1S/C10H17NO3/c1-10(2,11-9(13)14)4-3-7-5-8(12)6-7/h7,11H,3-6H2,1-2H3,(H,13,14). The molecule has 1 aliphatic carbocycles. The summed E-state index contributed by atoms with van der Waals surface area (Å²) in [5, 5.41) is 11.0. The van der Waals surface area contributed by atoms with Crippen LogP contribution in [0.3, 0.4) is 0 Å². The van der Waals surface area contributed by atoms with Crippen LogP contribution in [-0.4, -0.2) is 22.5 Å². The molecular weight excluding hydrogens is 182 g/mol. The largest absolute Gasteiger partial charge is 0.465 e. The van der Waals surface area contributed by atoms with Crippen LogP contribution < -0.4 is 5.32 Å². The van der Waals surface area contributed by atoms with E-state index in [1.54, 1.807) is 0 Å². The van der Waals surface area contributed by atoms with Gasteiger partial charge < -0.3 is 10.4 Å². The van der Waals surface area contributed by atoms with Gasteiger partial charge in [0.1, 0.15) is 5.78 Å². The lowest BCUT2D eigenvalue weighted by Crippen LogP contribution is -2.43. The van der Waals surface area contributed by atoms with Gasteiger partial charge in [0.05, 0.1) is 0 Å². The molecule has 0 bridgehead atoms. The summed E-state index contributed by atoms with van der Waals surface area (Å²) in [6.45, 7) is 3.73. The minimum absolute atomic E-state index is 0.332. The maximum Gasteiger partial charge on any atom is 0.405 e. The van der Waals surface area contributed by atoms with Crippen molar-refractivity contribution in [2.24, 2.45) is 5.92 Å². The van der Waals surface area contributed by atoms with Gasteiger partial charge in [0.15, 0.2) is 0 Å². The van der Waals surface area contributed by atoms with Crippen molar-refractivity contribution in [3.05, 3.63) is 0 Å². The van der Waals surface area contributed by atoms with Crippen LogP contribution in [-0.2, 0) is 4.79 Å². The second kappa shape index (κ2) is 3.98. The Hall–Kier alpha value is -1.06. The molecule has 4 heteroatoms. The van der Waals surface area contributed by atoms with E-state index < -0.39 is 6.09 Å². The fourth-order valence-corrected chi connectivity index (χ4v) is 1.71. The zero-order chi connectivity index (χ0) is 10.8. The van der Waals surface area contributed by atoms with Crippen molar-refractivity contribution >= 4 is 11.9 Å². The first-order valence-corrected chi connectivity index (χ1v) is 4.92. The lowest BCUT2D eigenvalue weighted by Gasteiger charge is -2.30. The van der Waals surface area contributed by atoms with Crippen molar-refractivity contribution in [1.29, 1.82) is 0 Å². The molecule has 0 atom stereocenters. The molecule has 0 radical (unpaired) electrons. The third-order valence-corrected chi connectivity index (χ3v) is 2.66. The fraction of sp³-hybridized carbons (Fsp3) is 0.800. The second-order valence-corrected chi connectivity index (χ2v) is 4.67. The van der Waals surface area contributed by atoms with Crippen LogP contribution >= 0.6 is 0 Å². The number of hydrogen-bond acceptors (Lipinski definition) is 2. The van der Waals surface area contributed by atoms with E-state index in [1.807, 2.05) is 13.8 Å². The van der Waals surface area contributed by atoms with Crippen LogP contribution in [0.15, 0.2) is 0 Å². The highest BCUT2D eigenvalue weighted by molar-refractivity contribution is 5.84. The van der Waals surface area contributed by atoms with Crippen LogP contribution in [0.25, 0.3) is 0 Å². The average molecular weight is 199 g/mol. The third-order valence-electron chi connectivity index (χ3n) is 2.66. The number of nitrogens with one attached hydrogen (secondary N) is 1. The molecule has 1 saturated carbocycles. The van der Waals surface area contributed by atoms with Gasteiger partial charge in [-0.15, -0.1) is 0 Å². The molecule has 0 aromatic rings. The lowest BCUT2D eigenvalue weighted by atomic mass is 9.78. The molecule has 1 rings (SSSR count). The summed E-state index contributed by atoms with van der Waals surface area (Å²) >= 11 is 0. The van der Waals surface area contributed by atoms with E-state index in [9.17, 15) is 9.59 Å². The summed E-state index contributed by atoms with van der Waals surface area (Å²) in [5.74, 6) is 0.816. The highest BCUT2D eigenvalue weighted by Gasteiger charge is 2.29. The maximum absolute atomic E-state index is 10.7. The minimum Gasteiger partial charge on any atom is -0.465 e. The summed E-state index contributed by atoms with van der Waals surface area (Å²) in [5.41, 5.74) is -0.384. The molecule has 80 valence electrons. The quantitative estimate of drug-likeness (QED) is 0.725. The van der Waals surface area contributed by atoms with Crippen LogP contribution in [0, 0.1) is 5.92 Å². The zero-order valence-corrected chi connectivity index (χ0v) is 8.67. The number of carboxylic acid groups (broad SMARTS) is 1. The van der Waals surface area contributed by atoms with Crippen molar-refractivity contribution in [2.45, 2.75) is 45.1 Å². The second-order valence-electron chi connectivity index (χ2n) is 4.67. The predicted octanol–water partition coefficient (Wildman–Crippen LogP) is 1.79. The summed E-state index contributed by atoms with van der Waals surface area (Å²) < 4.78 is 0. The molecule has 0 aromatic carbocycles. The molecule has 1 fully saturated rings. The third kappa shape index (κ3) is 3.36. The molecule has 0 unspecified atom stereocenters. The van der Waals surface area contributed by atoms with E-state index in [0.29, 0.717) is 24.5 Å². The summed E-state index contributed by atoms with van der Waals surface area (Å²) in [4.78, 5) is 21.1. The Morgan fingerprint density at radius 1 is 1.57 bits per heavy atom. The average Bonchev–Trinajstić information content (AvgIpc) is 1.93. The molecule has 0 saturated heterocycles. The Morgan fingerprint density at radius 2 is 2.14 bits per heavy atom. The fourth-order valence-electron chi connectivity index (χ4n) is 1.71. The summed E-state index contributed by atoms with van der Waals surface area (Å²) in [6, 6.07) is 0. The first-order chi connectivity index (χ1) is 6.39. The van der Waals surface area contributed by atoms with Crippen LogP contribution in [0.5, 0.6) is 0 Å². The van der Waals surface area contributed by atoms with Gasteiger partial charge in [-0.3, -0.25) is 4.79 Å². The first-order valence-electron chi connectivity index (χ1n) is 4.92. The number of Topliss-reactive ketones (excluding diaryl/α,β-unsaturated/α-hetero) is 1. The number of amides is 1. The van der Waals surface area contributed by atoms with E-state index in [1.165, 1.54) is 0 Å². The Balaban J connectivity index is 2.22. The Kier molecular flexibility index (Phi) is 3.13. The Labute approximate surface area is 83.7 Å². The van der Waals surface area contributed by atoms with Gasteiger partial charge >= 0.3 is 6.09 Å². The Bertz CT molecular complexity index is 240. The molecule has 2 N–H and O–H groups in total. The van der Waals surface area contributed by atoms with Gasteiger partial charge in [-0.1, -0.05) is 0 Å². The maximum atomic E-state index is 10.7. The first kappa shape index (κ1) is 11.0. The molecule has 0 aliphatic heterocycles. The molecule has 1 amide bonds. The predicted molar refractivity (Wildman–Crippen MR) is 52.2 cm³/mol. The van der Waals surface area contributed by atoms with Crippen molar-refractivity contribution in [3.63, 3.8) is 0 Å². The van der Waals surface area contributed by atoms with Crippen molar-refractivity contribution in [1.82, 2.24) is 5.32 Å². The number of carbonyl (C=O) groups is 2. The molecule has 0 heterocycles. The molecule has 0 spiro atoms. The molecule has 4 nitrogen and oxygen atoms in total. The van der Waals surface area contributed by atoms with Gasteiger partial charge in [-0.2, -0.15) is 0 Å². The van der Waals surface area contributed by atoms with Crippen molar-refractivity contribution in [2.75, 3.05) is 0 Å². The van der Waals surface area contributed by atoms with E-state index in [2.05, 4.69) is 5.32 Å². The number of rotatable bonds is 4. The normalized spacial score (nSPS) is 17.7. The monoisotopic (exact) mass is 199 g/mol. The van der Waals surface area contributed by atoms with Gasteiger partial charge in [0.2, 0.25) is 0 Å². The molecular formula is C10H17NO3. The lowest BCUT2D eigenvalue weighted by molar-refractivity contribution is -0.127. The topological polar surface area (TPSA) is 66.4 Å². The number of ketones is 1. The molecule has 14 heavy (non-hydrogen) atoms. The van der Waals surface area contributed by atoms with E-state index >= 15 is 0 Å². The van der Waals surface area contributed by atoms with Crippen LogP contribution in [0.4, 0.5) is 4.79 Å². The molecule has 1 aliphatic rings. The number of carbonyl (C=O) groups excluding carboxylic acids is 1. The zero-order valence-electron chi connectivity index (χ0n) is 8.67. The minimum atomic E-state index is -0.986. The summed E-state index contributed by atoms with van der Waals surface area (Å²) in [7, 11) is 0. The van der Waals surface area contributed by atoms with E-state index in [4.69, 9.17) is 5.11 Å². The highest BCUT2D eigenvalue weighted by atomic mass is 16.4. The van der Waals surface area contributed by atoms with Crippen molar-refractivity contribution < 1.29 is 14.7 Å². The van der Waals surface area contributed by atoms with Crippen molar-refractivity contribution in [3.8, 4) is 0 Å². The van der Waals surface area contributed by atoms with Gasteiger partial charge in [-0.25, -0.2) is 4.79 Å². The smallest absolute Gasteiger partial charge is 0.405 e. The van der Waals surface area contributed by atoms with Gasteiger partial charge in [0.25, 0.3) is 0 Å². The van der Waals surface area contributed by atoms with Crippen LogP contribution in [0.2, 0.25) is 0 Å². The van der Waals surface area contributed by atoms with E-state index in [0.717, 1.165) is 12.8 Å². The summed E-state index contributed by atoms with van der Waals surface area (Å²) in [6.07, 6.45) is 2.10. The van der Waals surface area contributed by atoms with Gasteiger partial charge in [0, 0.05) is 18.4 Å². The van der Waals surface area contributed by atoms with Crippen LogP contribution in [0.1, 0.15) is 39.5 Å². The number of hydrogen-bond donors (Lipinski definition) is 2. The SMILES string of the molecule is CC(C)(CCC1CC(=O)C1)NC(=O)O. The van der Waals surface area contributed by atoms with E-state index in [-0.39, 0.29) is 5.54 Å². The van der Waals surface area contributed by atoms with Gasteiger partial charge in [-0.05, 0) is 32.6 Å². The highest BCUT2D eigenvalue weighted by Crippen LogP contribution is 2.29. The Morgan fingerprint density at radius 3 is 2.57 bits per heavy atom. The molecule has 0 aromatic heterocycles.